The van der Waals surface area contributed by atoms with Gasteiger partial charge < -0.3 is 10.2 Å². The van der Waals surface area contributed by atoms with Gasteiger partial charge in [-0.1, -0.05) is 13.3 Å². The lowest BCUT2D eigenvalue weighted by atomic mass is 9.81. The zero-order chi connectivity index (χ0) is 11.3. The molecule has 0 aromatic carbocycles. The minimum atomic E-state index is -0.414. The molecule has 0 fully saturated rings. The smallest absolute Gasteiger partial charge is 0.0631 e. The first-order chi connectivity index (χ1) is 7.15. The molecule has 0 saturated carbocycles. The molecule has 0 saturated heterocycles. The van der Waals surface area contributed by atoms with Crippen molar-refractivity contribution in [3.63, 3.8) is 0 Å². The van der Waals surface area contributed by atoms with E-state index in [1.54, 1.807) is 4.68 Å². The Labute approximate surface area is 90.5 Å². The molecule has 0 radical (unpaired) electrons. The van der Waals surface area contributed by atoms with Crippen LogP contribution in [0.1, 0.15) is 25.5 Å². The van der Waals surface area contributed by atoms with Gasteiger partial charge >= 0.3 is 0 Å². The zero-order valence-corrected chi connectivity index (χ0v) is 9.48. The molecule has 0 aliphatic heterocycles. The average molecular weight is 212 g/mol. The number of aryl methyl sites for hydroxylation is 1. The van der Waals surface area contributed by atoms with Crippen molar-refractivity contribution in [2.45, 2.75) is 26.2 Å². The van der Waals surface area contributed by atoms with Crippen molar-refractivity contribution in [1.82, 2.24) is 9.78 Å². The predicted octanol–water partition coefficient (Wildman–Crippen LogP) is 0.734. The van der Waals surface area contributed by atoms with E-state index in [1.807, 2.05) is 19.3 Å². The molecule has 1 aromatic heterocycles. The summed E-state index contributed by atoms with van der Waals surface area (Å²) in [4.78, 5) is 0. The van der Waals surface area contributed by atoms with Gasteiger partial charge in [0.15, 0.2) is 0 Å². The largest absolute Gasteiger partial charge is 0.396 e. The number of aliphatic hydroxyl groups excluding tert-OH is 2. The van der Waals surface area contributed by atoms with Crippen LogP contribution >= 0.6 is 0 Å². The SMILES string of the molecule is CCCC(CO)(CO)Cc1ccn(C)n1. The highest BCUT2D eigenvalue weighted by molar-refractivity contribution is 5.03. The molecule has 15 heavy (non-hydrogen) atoms. The van der Waals surface area contributed by atoms with Crippen molar-refractivity contribution >= 4 is 0 Å². The summed E-state index contributed by atoms with van der Waals surface area (Å²) in [6, 6.07) is 1.93. The minimum Gasteiger partial charge on any atom is -0.396 e. The quantitative estimate of drug-likeness (QED) is 0.731. The third kappa shape index (κ3) is 3.04. The number of nitrogens with zero attached hydrogens (tertiary/aromatic N) is 2. The second-order valence-corrected chi connectivity index (χ2v) is 4.22. The molecule has 0 amide bonds. The lowest BCUT2D eigenvalue weighted by molar-refractivity contribution is 0.0457. The fourth-order valence-electron chi connectivity index (χ4n) is 1.88. The van der Waals surface area contributed by atoms with Gasteiger partial charge in [-0.05, 0) is 12.5 Å². The summed E-state index contributed by atoms with van der Waals surface area (Å²) in [5, 5.41) is 23.0. The van der Waals surface area contributed by atoms with E-state index in [2.05, 4.69) is 12.0 Å². The summed E-state index contributed by atoms with van der Waals surface area (Å²) >= 11 is 0. The monoisotopic (exact) mass is 212 g/mol. The lowest BCUT2D eigenvalue weighted by Gasteiger charge is -2.28. The Morgan fingerprint density at radius 3 is 2.47 bits per heavy atom. The zero-order valence-electron chi connectivity index (χ0n) is 9.48. The first-order valence-corrected chi connectivity index (χ1v) is 5.36. The van der Waals surface area contributed by atoms with Crippen LogP contribution in [0.5, 0.6) is 0 Å². The Kier molecular flexibility index (Phi) is 4.29. The average Bonchev–Trinajstić information content (AvgIpc) is 2.63. The van der Waals surface area contributed by atoms with Crippen LogP contribution in [0.4, 0.5) is 0 Å². The molecule has 4 heteroatoms. The van der Waals surface area contributed by atoms with Crippen LogP contribution in [0, 0.1) is 5.41 Å². The summed E-state index contributed by atoms with van der Waals surface area (Å²) in [7, 11) is 1.86. The van der Waals surface area contributed by atoms with Crippen LogP contribution < -0.4 is 0 Å². The molecule has 0 atom stereocenters. The van der Waals surface area contributed by atoms with Gasteiger partial charge in [0.25, 0.3) is 0 Å². The first kappa shape index (κ1) is 12.2. The molecule has 0 spiro atoms. The molecule has 0 aliphatic rings. The Bertz CT molecular complexity index is 293. The molecule has 0 bridgehead atoms. The number of rotatable bonds is 6. The second-order valence-electron chi connectivity index (χ2n) is 4.22. The van der Waals surface area contributed by atoms with E-state index in [-0.39, 0.29) is 13.2 Å². The van der Waals surface area contributed by atoms with E-state index in [9.17, 15) is 10.2 Å². The highest BCUT2D eigenvalue weighted by Gasteiger charge is 2.28. The molecule has 86 valence electrons. The summed E-state index contributed by atoms with van der Waals surface area (Å²) in [5.41, 5.74) is 0.511. The Balaban J connectivity index is 2.73. The maximum absolute atomic E-state index is 9.38. The molecular weight excluding hydrogens is 192 g/mol. The van der Waals surface area contributed by atoms with Gasteiger partial charge in [-0.2, -0.15) is 5.10 Å². The van der Waals surface area contributed by atoms with Gasteiger partial charge in [-0.25, -0.2) is 0 Å². The summed E-state index contributed by atoms with van der Waals surface area (Å²) in [5.74, 6) is 0. The standard InChI is InChI=1S/C11H20N2O2/c1-3-5-11(8-14,9-15)7-10-4-6-13(2)12-10/h4,6,14-15H,3,5,7-9H2,1-2H3. The third-order valence-electron chi connectivity index (χ3n) is 2.78. The molecule has 0 unspecified atom stereocenters. The maximum Gasteiger partial charge on any atom is 0.0631 e. The summed E-state index contributed by atoms with van der Waals surface area (Å²) in [6.45, 7) is 2.07. The van der Waals surface area contributed by atoms with Crippen LogP contribution in [-0.4, -0.2) is 33.2 Å². The van der Waals surface area contributed by atoms with Crippen LogP contribution in [-0.2, 0) is 13.5 Å². The number of hydrogen-bond acceptors (Lipinski definition) is 3. The topological polar surface area (TPSA) is 58.3 Å². The highest BCUT2D eigenvalue weighted by atomic mass is 16.3. The van der Waals surface area contributed by atoms with Crippen molar-refractivity contribution in [3.05, 3.63) is 18.0 Å². The number of hydrogen-bond donors (Lipinski definition) is 2. The highest BCUT2D eigenvalue weighted by Crippen LogP contribution is 2.27. The van der Waals surface area contributed by atoms with Crippen LogP contribution in [0.25, 0.3) is 0 Å². The predicted molar refractivity (Wildman–Crippen MR) is 58.4 cm³/mol. The van der Waals surface area contributed by atoms with Crippen LogP contribution in [0.3, 0.4) is 0 Å². The van der Waals surface area contributed by atoms with E-state index in [0.717, 1.165) is 18.5 Å². The van der Waals surface area contributed by atoms with Crippen molar-refractivity contribution in [2.24, 2.45) is 12.5 Å². The van der Waals surface area contributed by atoms with Gasteiger partial charge in [-0.15, -0.1) is 0 Å². The van der Waals surface area contributed by atoms with Crippen molar-refractivity contribution in [3.8, 4) is 0 Å². The van der Waals surface area contributed by atoms with Crippen LogP contribution in [0.15, 0.2) is 12.3 Å². The van der Waals surface area contributed by atoms with Crippen LogP contribution in [0.2, 0.25) is 0 Å². The molecule has 0 aliphatic carbocycles. The second kappa shape index (κ2) is 5.28. The third-order valence-corrected chi connectivity index (χ3v) is 2.78. The van der Waals surface area contributed by atoms with E-state index >= 15 is 0 Å². The maximum atomic E-state index is 9.38. The fraction of sp³-hybridized carbons (Fsp3) is 0.727. The molecule has 1 aromatic rings. The Morgan fingerprint density at radius 1 is 1.40 bits per heavy atom. The minimum absolute atomic E-state index is 0.00785. The number of aromatic nitrogens is 2. The summed E-state index contributed by atoms with van der Waals surface area (Å²) < 4.78 is 1.74. The first-order valence-electron chi connectivity index (χ1n) is 5.36. The molecule has 1 heterocycles. The van der Waals surface area contributed by atoms with Gasteiger partial charge in [0.1, 0.15) is 0 Å². The lowest BCUT2D eigenvalue weighted by Crippen LogP contribution is -2.32. The molecular formula is C11H20N2O2. The molecule has 4 nitrogen and oxygen atoms in total. The van der Waals surface area contributed by atoms with Gasteiger partial charge in [0.2, 0.25) is 0 Å². The molecule has 2 N–H and O–H groups in total. The van der Waals surface area contributed by atoms with Crippen molar-refractivity contribution in [2.75, 3.05) is 13.2 Å². The van der Waals surface area contributed by atoms with Crippen molar-refractivity contribution < 1.29 is 10.2 Å². The van der Waals surface area contributed by atoms with E-state index in [4.69, 9.17) is 0 Å². The van der Waals surface area contributed by atoms with E-state index in [0.29, 0.717) is 6.42 Å². The number of aliphatic hydroxyl groups is 2. The van der Waals surface area contributed by atoms with Gasteiger partial charge in [-0.3, -0.25) is 4.68 Å². The Morgan fingerprint density at radius 2 is 2.07 bits per heavy atom. The Hall–Kier alpha value is -0.870. The van der Waals surface area contributed by atoms with Gasteiger partial charge in [0, 0.05) is 25.1 Å². The molecule has 1 rings (SSSR count). The summed E-state index contributed by atoms with van der Waals surface area (Å²) in [6.07, 6.45) is 4.28. The van der Waals surface area contributed by atoms with Gasteiger partial charge in [0.05, 0.1) is 18.9 Å². The van der Waals surface area contributed by atoms with E-state index in [1.165, 1.54) is 0 Å². The van der Waals surface area contributed by atoms with E-state index < -0.39 is 5.41 Å². The normalized spacial score (nSPS) is 12.0. The van der Waals surface area contributed by atoms with Crippen molar-refractivity contribution in [1.29, 1.82) is 0 Å². The fourth-order valence-corrected chi connectivity index (χ4v) is 1.88.